The third kappa shape index (κ3) is 2.62. The maximum Gasteiger partial charge on any atom is 0.142 e. The number of hydrogen-bond acceptors (Lipinski definition) is 4. The van der Waals surface area contributed by atoms with Crippen LogP contribution in [0.15, 0.2) is 5.10 Å². The van der Waals surface area contributed by atoms with E-state index in [-0.39, 0.29) is 0 Å². The molecular formula is C11H22N4. The van der Waals surface area contributed by atoms with Crippen LogP contribution in [0.5, 0.6) is 0 Å². The molecule has 1 N–H and O–H groups in total. The van der Waals surface area contributed by atoms with Crippen LogP contribution < -0.4 is 5.53 Å². The van der Waals surface area contributed by atoms with Crippen molar-refractivity contribution in [1.82, 2.24) is 15.7 Å². The lowest BCUT2D eigenvalue weighted by Crippen LogP contribution is -2.44. The van der Waals surface area contributed by atoms with Crippen LogP contribution in [0.4, 0.5) is 0 Å². The lowest BCUT2D eigenvalue weighted by molar-refractivity contribution is 0.120. The van der Waals surface area contributed by atoms with Crippen LogP contribution in [0.1, 0.15) is 45.4 Å². The van der Waals surface area contributed by atoms with Gasteiger partial charge in [0.15, 0.2) is 0 Å². The van der Waals surface area contributed by atoms with Crippen molar-refractivity contribution in [3.8, 4) is 0 Å². The largest absolute Gasteiger partial charge is 0.275 e. The second-order valence-electron chi connectivity index (χ2n) is 4.61. The van der Waals surface area contributed by atoms with Crippen LogP contribution in [0.25, 0.3) is 0 Å². The van der Waals surface area contributed by atoms with Crippen LogP contribution in [0.2, 0.25) is 0 Å². The van der Waals surface area contributed by atoms with Crippen molar-refractivity contribution in [2.45, 2.75) is 45.4 Å². The van der Waals surface area contributed by atoms with Crippen molar-refractivity contribution in [2.24, 2.45) is 11.0 Å². The molecule has 0 aromatic heterocycles. The first-order valence-electron chi connectivity index (χ1n) is 6.14. The summed E-state index contributed by atoms with van der Waals surface area (Å²) in [5.41, 5.74) is 3.27. The van der Waals surface area contributed by atoms with Gasteiger partial charge >= 0.3 is 0 Å². The number of hydrazone groups is 1. The average Bonchev–Trinajstić information content (AvgIpc) is 2.60. The monoisotopic (exact) mass is 210 g/mol. The summed E-state index contributed by atoms with van der Waals surface area (Å²) >= 11 is 0. The molecule has 0 spiro atoms. The van der Waals surface area contributed by atoms with Crippen molar-refractivity contribution in [3.63, 3.8) is 0 Å². The SMILES string of the molecule is CCC1=NN(C)NN1CC1CCCCC1. The van der Waals surface area contributed by atoms with Gasteiger partial charge in [-0.2, -0.15) is 0 Å². The third-order valence-corrected chi connectivity index (χ3v) is 3.32. The van der Waals surface area contributed by atoms with E-state index in [0.717, 1.165) is 18.9 Å². The molecule has 0 aromatic rings. The van der Waals surface area contributed by atoms with Crippen molar-refractivity contribution in [3.05, 3.63) is 0 Å². The fourth-order valence-corrected chi connectivity index (χ4v) is 2.52. The molecule has 0 aromatic carbocycles. The minimum Gasteiger partial charge on any atom is -0.275 e. The Hall–Kier alpha value is -0.770. The molecule has 0 atom stereocenters. The molecule has 1 fully saturated rings. The maximum absolute atomic E-state index is 4.42. The van der Waals surface area contributed by atoms with Crippen molar-refractivity contribution < 1.29 is 0 Å². The Morgan fingerprint density at radius 2 is 2.07 bits per heavy atom. The molecule has 4 nitrogen and oxygen atoms in total. The van der Waals surface area contributed by atoms with Gasteiger partial charge < -0.3 is 0 Å². The molecule has 1 heterocycles. The molecule has 0 saturated heterocycles. The smallest absolute Gasteiger partial charge is 0.142 e. The molecule has 1 aliphatic heterocycles. The van der Waals surface area contributed by atoms with Gasteiger partial charge in [0.2, 0.25) is 0 Å². The second kappa shape index (κ2) is 4.84. The quantitative estimate of drug-likeness (QED) is 0.772. The second-order valence-corrected chi connectivity index (χ2v) is 4.61. The maximum atomic E-state index is 4.42. The zero-order chi connectivity index (χ0) is 10.7. The van der Waals surface area contributed by atoms with E-state index in [1.165, 1.54) is 37.9 Å². The van der Waals surface area contributed by atoms with E-state index < -0.39 is 0 Å². The van der Waals surface area contributed by atoms with Gasteiger partial charge in [0.1, 0.15) is 5.84 Å². The van der Waals surface area contributed by atoms with Gasteiger partial charge in [-0.1, -0.05) is 26.2 Å². The Labute approximate surface area is 92.3 Å². The van der Waals surface area contributed by atoms with Gasteiger partial charge in [0, 0.05) is 20.0 Å². The molecule has 0 amide bonds. The zero-order valence-electron chi connectivity index (χ0n) is 9.87. The summed E-state index contributed by atoms with van der Waals surface area (Å²) in [7, 11) is 1.95. The van der Waals surface area contributed by atoms with Crippen LogP contribution in [-0.2, 0) is 0 Å². The van der Waals surface area contributed by atoms with Gasteiger partial charge in [0.25, 0.3) is 0 Å². The summed E-state index contributed by atoms with van der Waals surface area (Å²) in [6, 6.07) is 0. The van der Waals surface area contributed by atoms with Crippen molar-refractivity contribution >= 4 is 5.84 Å². The Bertz CT molecular complexity index is 233. The summed E-state index contributed by atoms with van der Waals surface area (Å²) in [5.74, 6) is 2.03. The Kier molecular flexibility index (Phi) is 3.46. The molecule has 15 heavy (non-hydrogen) atoms. The standard InChI is InChI=1S/C11H22N4/c1-3-11-12-14(2)13-15(11)9-10-7-5-4-6-8-10/h10,13H,3-9H2,1-2H3. The van der Waals surface area contributed by atoms with Gasteiger partial charge in [-0.05, 0) is 18.8 Å². The molecule has 4 heteroatoms. The van der Waals surface area contributed by atoms with E-state index in [2.05, 4.69) is 22.6 Å². The third-order valence-electron chi connectivity index (χ3n) is 3.32. The van der Waals surface area contributed by atoms with E-state index >= 15 is 0 Å². The number of nitrogens with zero attached hydrogens (tertiary/aromatic N) is 3. The number of hydrazine groups is 2. The van der Waals surface area contributed by atoms with E-state index in [0.29, 0.717) is 0 Å². The minimum absolute atomic E-state index is 0.856. The average molecular weight is 210 g/mol. The summed E-state index contributed by atoms with van der Waals surface area (Å²) < 4.78 is 0. The van der Waals surface area contributed by atoms with Crippen molar-refractivity contribution in [1.29, 1.82) is 0 Å². The van der Waals surface area contributed by atoms with Gasteiger partial charge in [-0.3, -0.25) is 5.01 Å². The van der Waals surface area contributed by atoms with Crippen LogP contribution >= 0.6 is 0 Å². The highest BCUT2D eigenvalue weighted by atomic mass is 15.9. The van der Waals surface area contributed by atoms with E-state index in [9.17, 15) is 0 Å². The van der Waals surface area contributed by atoms with Gasteiger partial charge in [-0.15, -0.1) is 10.6 Å². The molecule has 86 valence electrons. The molecule has 2 rings (SSSR count). The highest BCUT2D eigenvalue weighted by molar-refractivity contribution is 5.82. The molecular weight excluding hydrogens is 188 g/mol. The van der Waals surface area contributed by atoms with Gasteiger partial charge in [0.05, 0.1) is 0 Å². The lowest BCUT2D eigenvalue weighted by Gasteiger charge is -2.28. The Morgan fingerprint density at radius 3 is 2.73 bits per heavy atom. The normalized spacial score (nSPS) is 23.5. The molecule has 0 radical (unpaired) electrons. The first-order chi connectivity index (χ1) is 7.29. The molecule has 1 saturated carbocycles. The number of nitrogens with one attached hydrogen (secondary N) is 1. The fourth-order valence-electron chi connectivity index (χ4n) is 2.52. The Balaban J connectivity index is 1.86. The predicted octanol–water partition coefficient (Wildman–Crippen LogP) is 1.96. The minimum atomic E-state index is 0.856. The number of amidine groups is 1. The molecule has 0 unspecified atom stereocenters. The predicted molar refractivity (Wildman–Crippen MR) is 61.9 cm³/mol. The fraction of sp³-hybridized carbons (Fsp3) is 0.909. The first kappa shape index (κ1) is 10.7. The highest BCUT2D eigenvalue weighted by Crippen LogP contribution is 2.24. The summed E-state index contributed by atoms with van der Waals surface area (Å²) in [4.78, 5) is 0. The molecule has 2 aliphatic rings. The summed E-state index contributed by atoms with van der Waals surface area (Å²) in [6.07, 6.45) is 8.03. The molecule has 0 bridgehead atoms. The number of hydrogen-bond donors (Lipinski definition) is 1. The van der Waals surface area contributed by atoms with E-state index in [1.807, 2.05) is 12.2 Å². The first-order valence-corrected chi connectivity index (χ1v) is 6.14. The van der Waals surface area contributed by atoms with Crippen LogP contribution in [0, 0.1) is 5.92 Å². The van der Waals surface area contributed by atoms with Crippen LogP contribution in [0.3, 0.4) is 0 Å². The lowest BCUT2D eigenvalue weighted by atomic mass is 9.89. The highest BCUT2D eigenvalue weighted by Gasteiger charge is 2.23. The van der Waals surface area contributed by atoms with Crippen molar-refractivity contribution in [2.75, 3.05) is 13.6 Å². The molecule has 1 aliphatic carbocycles. The number of rotatable bonds is 3. The Morgan fingerprint density at radius 1 is 1.33 bits per heavy atom. The van der Waals surface area contributed by atoms with Crippen LogP contribution in [-0.4, -0.2) is 29.6 Å². The summed E-state index contributed by atoms with van der Waals surface area (Å²) in [6.45, 7) is 3.28. The zero-order valence-corrected chi connectivity index (χ0v) is 9.87. The van der Waals surface area contributed by atoms with E-state index in [1.54, 1.807) is 0 Å². The van der Waals surface area contributed by atoms with E-state index in [4.69, 9.17) is 0 Å². The van der Waals surface area contributed by atoms with Gasteiger partial charge in [-0.25, -0.2) is 5.12 Å². The topological polar surface area (TPSA) is 30.9 Å². The summed E-state index contributed by atoms with van der Waals surface area (Å²) in [5, 5.41) is 8.44.